The van der Waals surface area contributed by atoms with Gasteiger partial charge in [-0.05, 0) is 18.6 Å². The van der Waals surface area contributed by atoms with Crippen LogP contribution in [0.5, 0.6) is 0 Å². The Hall–Kier alpha value is -1.35. The minimum atomic E-state index is 0.0713. The predicted octanol–water partition coefficient (Wildman–Crippen LogP) is 1.36. The summed E-state index contributed by atoms with van der Waals surface area (Å²) in [5.41, 5.74) is 2.88. The monoisotopic (exact) mass is 162 g/mol. The van der Waals surface area contributed by atoms with Crippen molar-refractivity contribution in [3.05, 3.63) is 29.5 Å². The summed E-state index contributed by atoms with van der Waals surface area (Å²) in [7, 11) is 0. The van der Waals surface area contributed by atoms with Crippen molar-refractivity contribution in [3.63, 3.8) is 0 Å². The summed E-state index contributed by atoms with van der Waals surface area (Å²) < 4.78 is 0. The second kappa shape index (κ2) is 2.60. The van der Waals surface area contributed by atoms with E-state index in [0.29, 0.717) is 0 Å². The second-order valence-corrected chi connectivity index (χ2v) is 2.86. The Morgan fingerprint density at radius 3 is 3.08 bits per heavy atom. The van der Waals surface area contributed by atoms with E-state index in [1.807, 2.05) is 25.1 Å². The molecule has 62 valence electrons. The maximum absolute atomic E-state index is 8.87. The summed E-state index contributed by atoms with van der Waals surface area (Å²) >= 11 is 0. The predicted molar refractivity (Wildman–Crippen MR) is 46.8 cm³/mol. The minimum Gasteiger partial charge on any atom is -0.392 e. The number of H-pyrrole nitrogens is 1. The number of benzene rings is 1. The molecule has 0 saturated heterocycles. The van der Waals surface area contributed by atoms with E-state index in [2.05, 4.69) is 10.2 Å². The highest BCUT2D eigenvalue weighted by Gasteiger charge is 2.00. The van der Waals surface area contributed by atoms with Gasteiger partial charge in [0.1, 0.15) is 0 Å². The molecule has 3 nitrogen and oxygen atoms in total. The molecule has 0 bridgehead atoms. The van der Waals surface area contributed by atoms with Crippen molar-refractivity contribution >= 4 is 10.9 Å². The van der Waals surface area contributed by atoms with Crippen molar-refractivity contribution in [2.45, 2.75) is 13.5 Å². The van der Waals surface area contributed by atoms with Gasteiger partial charge in [-0.1, -0.05) is 12.1 Å². The van der Waals surface area contributed by atoms with Gasteiger partial charge in [0, 0.05) is 11.1 Å². The summed E-state index contributed by atoms with van der Waals surface area (Å²) in [6.45, 7) is 2.05. The molecule has 0 aliphatic carbocycles. The van der Waals surface area contributed by atoms with Crippen LogP contribution in [0.1, 0.15) is 11.3 Å². The van der Waals surface area contributed by atoms with E-state index in [1.165, 1.54) is 0 Å². The van der Waals surface area contributed by atoms with Crippen molar-refractivity contribution in [3.8, 4) is 0 Å². The molecule has 0 spiro atoms. The molecule has 1 aromatic carbocycles. The lowest BCUT2D eigenvalue weighted by molar-refractivity contribution is 0.282. The van der Waals surface area contributed by atoms with Gasteiger partial charge < -0.3 is 5.11 Å². The molecule has 0 amide bonds. The van der Waals surface area contributed by atoms with Crippen molar-refractivity contribution < 1.29 is 5.11 Å². The number of aryl methyl sites for hydroxylation is 1. The molecule has 0 saturated carbocycles. The Bertz CT molecular complexity index is 406. The van der Waals surface area contributed by atoms with Crippen LogP contribution in [0.2, 0.25) is 0 Å². The molecule has 0 aliphatic heterocycles. The van der Waals surface area contributed by atoms with E-state index in [4.69, 9.17) is 5.11 Å². The quantitative estimate of drug-likeness (QED) is 0.665. The van der Waals surface area contributed by atoms with Crippen molar-refractivity contribution in [2.24, 2.45) is 0 Å². The van der Waals surface area contributed by atoms with E-state index >= 15 is 0 Å². The average Bonchev–Trinajstić information content (AvgIpc) is 2.47. The Morgan fingerprint density at radius 1 is 1.50 bits per heavy atom. The maximum Gasteiger partial charge on any atom is 0.0927 e. The Balaban J connectivity index is 2.69. The molecule has 1 heterocycles. The van der Waals surface area contributed by atoms with E-state index in [-0.39, 0.29) is 6.61 Å². The molecule has 0 radical (unpaired) electrons. The van der Waals surface area contributed by atoms with Gasteiger partial charge in [0.2, 0.25) is 0 Å². The lowest BCUT2D eigenvalue weighted by Crippen LogP contribution is -1.81. The number of aliphatic hydroxyl groups excluding tert-OH is 1. The molecule has 2 aromatic rings. The number of aromatic nitrogens is 2. The number of rotatable bonds is 1. The summed E-state index contributed by atoms with van der Waals surface area (Å²) in [4.78, 5) is 0. The lowest BCUT2D eigenvalue weighted by Gasteiger charge is -1.94. The molecular weight excluding hydrogens is 152 g/mol. The number of fused-ring (bicyclic) bond motifs is 1. The second-order valence-electron chi connectivity index (χ2n) is 2.86. The molecule has 0 fully saturated rings. The van der Waals surface area contributed by atoms with Crippen LogP contribution >= 0.6 is 0 Å². The lowest BCUT2D eigenvalue weighted by atomic mass is 10.1. The van der Waals surface area contributed by atoms with Gasteiger partial charge in [0.05, 0.1) is 12.1 Å². The third-order valence-electron chi connectivity index (χ3n) is 1.99. The highest BCUT2D eigenvalue weighted by atomic mass is 16.3. The standard InChI is InChI=1S/C9H10N2O/c1-6-8-3-2-7(5-12)4-9(8)11-10-6/h2-4,12H,5H2,1H3,(H,10,11). The molecule has 0 unspecified atom stereocenters. The number of hydrogen-bond acceptors (Lipinski definition) is 2. The molecule has 2 N–H and O–H groups in total. The number of aliphatic hydroxyl groups is 1. The third-order valence-corrected chi connectivity index (χ3v) is 1.99. The van der Waals surface area contributed by atoms with Crippen molar-refractivity contribution in [1.82, 2.24) is 10.2 Å². The summed E-state index contributed by atoms with van der Waals surface area (Å²) in [6.07, 6.45) is 0. The molecule has 0 aliphatic rings. The first kappa shape index (κ1) is 7.31. The first-order valence-electron chi connectivity index (χ1n) is 3.86. The minimum absolute atomic E-state index is 0.0713. The zero-order chi connectivity index (χ0) is 8.55. The zero-order valence-corrected chi connectivity index (χ0v) is 6.83. The number of hydrogen-bond donors (Lipinski definition) is 2. The van der Waals surface area contributed by atoms with Gasteiger partial charge in [-0.25, -0.2) is 0 Å². The van der Waals surface area contributed by atoms with Gasteiger partial charge in [-0.3, -0.25) is 5.10 Å². The molecule has 12 heavy (non-hydrogen) atoms. The Kier molecular flexibility index (Phi) is 1.59. The van der Waals surface area contributed by atoms with Crippen LogP contribution in [-0.2, 0) is 6.61 Å². The fraction of sp³-hybridized carbons (Fsp3) is 0.222. The van der Waals surface area contributed by atoms with Crippen LogP contribution < -0.4 is 0 Å². The number of nitrogens with one attached hydrogen (secondary N) is 1. The first-order valence-corrected chi connectivity index (χ1v) is 3.86. The molecule has 3 heteroatoms. The van der Waals surface area contributed by atoms with Crippen LogP contribution in [0.25, 0.3) is 10.9 Å². The van der Waals surface area contributed by atoms with Crippen LogP contribution in [0.4, 0.5) is 0 Å². The maximum atomic E-state index is 8.87. The fourth-order valence-corrected chi connectivity index (χ4v) is 1.29. The van der Waals surface area contributed by atoms with Crippen molar-refractivity contribution in [1.29, 1.82) is 0 Å². The normalized spacial score (nSPS) is 10.8. The van der Waals surface area contributed by atoms with E-state index in [1.54, 1.807) is 0 Å². The summed E-state index contributed by atoms with van der Waals surface area (Å²) in [6, 6.07) is 5.77. The van der Waals surface area contributed by atoms with E-state index in [9.17, 15) is 0 Å². The summed E-state index contributed by atoms with van der Waals surface area (Å²) in [5.74, 6) is 0. The van der Waals surface area contributed by atoms with Gasteiger partial charge in [0.15, 0.2) is 0 Å². The van der Waals surface area contributed by atoms with E-state index in [0.717, 1.165) is 22.2 Å². The highest BCUT2D eigenvalue weighted by molar-refractivity contribution is 5.81. The van der Waals surface area contributed by atoms with Crippen LogP contribution in [-0.4, -0.2) is 15.3 Å². The Labute approximate surface area is 70.0 Å². The van der Waals surface area contributed by atoms with E-state index < -0.39 is 0 Å². The third kappa shape index (κ3) is 0.987. The first-order chi connectivity index (χ1) is 5.81. The van der Waals surface area contributed by atoms with Crippen LogP contribution in [0.3, 0.4) is 0 Å². The number of nitrogens with zero attached hydrogens (tertiary/aromatic N) is 1. The SMILES string of the molecule is Cc1[nH]nc2cc(CO)ccc12. The molecule has 0 atom stereocenters. The Morgan fingerprint density at radius 2 is 2.33 bits per heavy atom. The average molecular weight is 162 g/mol. The zero-order valence-electron chi connectivity index (χ0n) is 6.83. The molecule has 2 rings (SSSR count). The molecular formula is C9H10N2O. The smallest absolute Gasteiger partial charge is 0.0927 e. The van der Waals surface area contributed by atoms with Crippen LogP contribution in [0.15, 0.2) is 18.2 Å². The fourth-order valence-electron chi connectivity index (χ4n) is 1.29. The van der Waals surface area contributed by atoms with Crippen molar-refractivity contribution in [2.75, 3.05) is 0 Å². The van der Waals surface area contributed by atoms with Gasteiger partial charge in [-0.15, -0.1) is 0 Å². The van der Waals surface area contributed by atoms with Gasteiger partial charge in [0.25, 0.3) is 0 Å². The topological polar surface area (TPSA) is 48.9 Å². The largest absolute Gasteiger partial charge is 0.392 e. The van der Waals surface area contributed by atoms with Crippen LogP contribution in [0, 0.1) is 6.92 Å². The highest BCUT2D eigenvalue weighted by Crippen LogP contribution is 2.16. The van der Waals surface area contributed by atoms with Gasteiger partial charge >= 0.3 is 0 Å². The molecule has 1 aromatic heterocycles. The number of aromatic amines is 1. The summed E-state index contributed by atoms with van der Waals surface area (Å²) in [5, 5.41) is 17.0. The van der Waals surface area contributed by atoms with Gasteiger partial charge in [-0.2, -0.15) is 5.10 Å².